The molecule has 1 aliphatic heterocycles. The van der Waals surface area contributed by atoms with Crippen LogP contribution in [0, 0.1) is 11.7 Å². The molecule has 6 nitrogen and oxygen atoms in total. The summed E-state index contributed by atoms with van der Waals surface area (Å²) < 4.78 is 40.2. The predicted molar refractivity (Wildman–Crippen MR) is 112 cm³/mol. The number of nitrogens with one attached hydrogen (secondary N) is 1. The van der Waals surface area contributed by atoms with Crippen molar-refractivity contribution in [2.24, 2.45) is 5.92 Å². The summed E-state index contributed by atoms with van der Waals surface area (Å²) in [5, 5.41) is 3.28. The summed E-state index contributed by atoms with van der Waals surface area (Å²) in [5.74, 6) is 0.142. The number of hydrogen-bond acceptors (Lipinski definition) is 5. The second kappa shape index (κ2) is 8.22. The van der Waals surface area contributed by atoms with Crippen molar-refractivity contribution in [2.45, 2.75) is 31.4 Å². The van der Waals surface area contributed by atoms with E-state index in [2.05, 4.69) is 20.3 Å². The SMILES string of the molecule is O=C(c1cccc(F)c1-c1ncccn1)N1C[C@@H]2C[C@@H](Nc3ccc(C(F)F)cn3)[C@@H]1C2. The average molecular weight is 439 g/mol. The summed E-state index contributed by atoms with van der Waals surface area (Å²) in [4.78, 5) is 27.6. The van der Waals surface area contributed by atoms with E-state index in [-0.39, 0.29) is 40.5 Å². The van der Waals surface area contributed by atoms with E-state index in [0.29, 0.717) is 18.3 Å². The molecule has 2 aliphatic rings. The third-order valence-corrected chi connectivity index (χ3v) is 6.15. The maximum atomic E-state index is 14.7. The molecule has 32 heavy (non-hydrogen) atoms. The quantitative estimate of drug-likeness (QED) is 0.641. The molecule has 0 unspecified atom stereocenters. The van der Waals surface area contributed by atoms with Gasteiger partial charge in [0.1, 0.15) is 11.6 Å². The van der Waals surface area contributed by atoms with Gasteiger partial charge in [0.25, 0.3) is 12.3 Å². The molecule has 2 fully saturated rings. The van der Waals surface area contributed by atoms with Crippen LogP contribution in [0.25, 0.3) is 11.4 Å². The number of amides is 1. The molecule has 2 bridgehead atoms. The van der Waals surface area contributed by atoms with Gasteiger partial charge >= 0.3 is 0 Å². The zero-order chi connectivity index (χ0) is 22.2. The highest BCUT2D eigenvalue weighted by Crippen LogP contribution is 2.40. The van der Waals surface area contributed by atoms with Gasteiger partial charge in [0.05, 0.1) is 17.2 Å². The van der Waals surface area contributed by atoms with Crippen molar-refractivity contribution in [3.8, 4) is 11.4 Å². The van der Waals surface area contributed by atoms with Crippen LogP contribution < -0.4 is 5.32 Å². The lowest BCUT2D eigenvalue weighted by molar-refractivity contribution is 0.0692. The van der Waals surface area contributed by atoms with Crippen molar-refractivity contribution in [3.63, 3.8) is 0 Å². The first-order chi connectivity index (χ1) is 15.5. The minimum atomic E-state index is -2.57. The highest BCUT2D eigenvalue weighted by Gasteiger charge is 2.47. The van der Waals surface area contributed by atoms with Crippen LogP contribution in [0.4, 0.5) is 19.0 Å². The van der Waals surface area contributed by atoms with Crippen LogP contribution in [0.15, 0.2) is 55.0 Å². The number of nitrogens with zero attached hydrogens (tertiary/aromatic N) is 4. The molecule has 3 atom stereocenters. The van der Waals surface area contributed by atoms with E-state index in [1.807, 2.05) is 0 Å². The molecule has 3 aromatic rings. The van der Waals surface area contributed by atoms with E-state index in [1.54, 1.807) is 17.0 Å². The van der Waals surface area contributed by atoms with Gasteiger partial charge in [0.15, 0.2) is 5.82 Å². The second-order valence-corrected chi connectivity index (χ2v) is 8.13. The maximum absolute atomic E-state index is 14.7. The number of alkyl halides is 2. The Bertz CT molecular complexity index is 1130. The molecule has 1 saturated carbocycles. The Kier molecular flexibility index (Phi) is 5.24. The first kappa shape index (κ1) is 20.4. The molecule has 1 aliphatic carbocycles. The highest BCUT2D eigenvalue weighted by atomic mass is 19.3. The van der Waals surface area contributed by atoms with Crippen molar-refractivity contribution in [1.82, 2.24) is 19.9 Å². The summed E-state index contributed by atoms with van der Waals surface area (Å²) in [6.07, 6.45) is 3.28. The number of anilines is 1. The van der Waals surface area contributed by atoms with Crippen LogP contribution in [0.5, 0.6) is 0 Å². The summed E-state index contributed by atoms with van der Waals surface area (Å²) in [7, 11) is 0. The molecular weight excluding hydrogens is 419 g/mol. The molecule has 164 valence electrons. The zero-order valence-electron chi connectivity index (χ0n) is 17.0. The zero-order valence-corrected chi connectivity index (χ0v) is 17.0. The van der Waals surface area contributed by atoms with Gasteiger partial charge < -0.3 is 10.2 Å². The molecule has 1 amide bonds. The highest BCUT2D eigenvalue weighted by molar-refractivity contribution is 6.00. The van der Waals surface area contributed by atoms with Crippen molar-refractivity contribution < 1.29 is 18.0 Å². The van der Waals surface area contributed by atoms with Crippen LogP contribution in [-0.2, 0) is 0 Å². The lowest BCUT2D eigenvalue weighted by Crippen LogP contribution is -2.48. The number of rotatable bonds is 5. The Balaban J connectivity index is 1.39. The van der Waals surface area contributed by atoms with E-state index in [0.717, 1.165) is 19.0 Å². The molecule has 1 N–H and O–H groups in total. The molecule has 1 aromatic carbocycles. The standard InChI is InChI=1S/C23H20F3N5O/c24-16-4-1-3-15(20(16)22-27-7-2-8-28-22)23(32)31-12-13-9-17(18(31)10-13)30-19-6-5-14(11-29-19)21(25)26/h1-8,11,13,17-18,21H,9-10,12H2,(H,29,30)/t13-,17-,18+/m1/s1. The van der Waals surface area contributed by atoms with Gasteiger partial charge in [-0.25, -0.2) is 28.1 Å². The lowest BCUT2D eigenvalue weighted by Gasteiger charge is -2.34. The fourth-order valence-corrected chi connectivity index (χ4v) is 4.74. The molecule has 1 saturated heterocycles. The third-order valence-electron chi connectivity index (χ3n) is 6.15. The van der Waals surface area contributed by atoms with Gasteiger partial charge in [-0.2, -0.15) is 0 Å². The van der Waals surface area contributed by atoms with Gasteiger partial charge in [0, 0.05) is 36.7 Å². The largest absolute Gasteiger partial charge is 0.365 e. The first-order valence-electron chi connectivity index (χ1n) is 10.4. The molecule has 9 heteroatoms. The summed E-state index contributed by atoms with van der Waals surface area (Å²) in [5.41, 5.74) is 0.179. The van der Waals surface area contributed by atoms with Crippen LogP contribution in [0.1, 0.15) is 35.2 Å². The number of hydrogen-bond donors (Lipinski definition) is 1. The summed E-state index contributed by atoms with van der Waals surface area (Å²) in [6.45, 7) is 0.588. The predicted octanol–water partition coefficient (Wildman–Crippen LogP) is 4.33. The minimum Gasteiger partial charge on any atom is -0.365 e. The molecule has 3 heterocycles. The Hall–Kier alpha value is -3.49. The molecule has 5 rings (SSSR count). The number of benzene rings is 1. The number of aromatic nitrogens is 3. The van der Waals surface area contributed by atoms with Crippen LogP contribution >= 0.6 is 0 Å². The summed E-state index contributed by atoms with van der Waals surface area (Å²) >= 11 is 0. The number of carbonyl (C=O) groups excluding carboxylic acids is 1. The van der Waals surface area contributed by atoms with Gasteiger partial charge in [-0.15, -0.1) is 0 Å². The van der Waals surface area contributed by atoms with Crippen molar-refractivity contribution in [3.05, 3.63) is 71.9 Å². The van der Waals surface area contributed by atoms with Crippen LogP contribution in [0.3, 0.4) is 0 Å². The number of piperidine rings is 1. The molecule has 0 spiro atoms. The minimum absolute atomic E-state index is 0.0624. The Morgan fingerprint density at radius 3 is 2.56 bits per heavy atom. The number of fused-ring (bicyclic) bond motifs is 2. The summed E-state index contributed by atoms with van der Waals surface area (Å²) in [6, 6.07) is 8.72. The van der Waals surface area contributed by atoms with E-state index < -0.39 is 12.2 Å². The van der Waals surface area contributed by atoms with Gasteiger partial charge in [-0.1, -0.05) is 6.07 Å². The first-order valence-corrected chi connectivity index (χ1v) is 10.4. The smallest absolute Gasteiger partial charge is 0.265 e. The number of likely N-dealkylation sites (tertiary alicyclic amines) is 1. The average Bonchev–Trinajstić information content (AvgIpc) is 3.40. The number of carbonyl (C=O) groups is 1. The third kappa shape index (κ3) is 3.68. The Morgan fingerprint density at radius 2 is 1.88 bits per heavy atom. The number of pyridine rings is 1. The van der Waals surface area contributed by atoms with E-state index >= 15 is 0 Å². The number of halogens is 3. The maximum Gasteiger partial charge on any atom is 0.265 e. The molecule has 0 radical (unpaired) electrons. The van der Waals surface area contributed by atoms with Gasteiger partial charge in [-0.05, 0) is 49.1 Å². The van der Waals surface area contributed by atoms with Crippen LogP contribution in [-0.4, -0.2) is 44.4 Å². The monoisotopic (exact) mass is 439 g/mol. The Labute approximate surface area is 182 Å². The Morgan fingerprint density at radius 1 is 1.06 bits per heavy atom. The fourth-order valence-electron chi connectivity index (χ4n) is 4.74. The van der Waals surface area contributed by atoms with Gasteiger partial charge in [-0.3, -0.25) is 4.79 Å². The lowest BCUT2D eigenvalue weighted by atomic mass is 10.0. The van der Waals surface area contributed by atoms with E-state index in [4.69, 9.17) is 0 Å². The van der Waals surface area contributed by atoms with Crippen LogP contribution in [0.2, 0.25) is 0 Å². The van der Waals surface area contributed by atoms with Gasteiger partial charge in [0.2, 0.25) is 0 Å². The van der Waals surface area contributed by atoms with E-state index in [9.17, 15) is 18.0 Å². The fraction of sp³-hybridized carbons (Fsp3) is 0.304. The van der Waals surface area contributed by atoms with E-state index in [1.165, 1.54) is 36.7 Å². The van der Waals surface area contributed by atoms with Crippen molar-refractivity contribution in [1.29, 1.82) is 0 Å². The normalized spacial score (nSPS) is 21.9. The second-order valence-electron chi connectivity index (χ2n) is 8.13. The molecule has 2 aromatic heterocycles. The topological polar surface area (TPSA) is 71.0 Å². The molecular formula is C23H20F3N5O. The van der Waals surface area contributed by atoms with Crippen molar-refractivity contribution >= 4 is 11.7 Å². The van der Waals surface area contributed by atoms with Crippen molar-refractivity contribution in [2.75, 3.05) is 11.9 Å².